The van der Waals surface area contributed by atoms with E-state index in [0.29, 0.717) is 19.5 Å². The number of aromatic hydroxyl groups is 2. The van der Waals surface area contributed by atoms with Crippen LogP contribution in [0, 0.1) is 0 Å². The second kappa shape index (κ2) is 10.5. The molecule has 0 fully saturated rings. The van der Waals surface area contributed by atoms with E-state index in [-0.39, 0.29) is 23.3 Å². The Morgan fingerprint density at radius 1 is 0.778 bits per heavy atom. The van der Waals surface area contributed by atoms with Gasteiger partial charge in [-0.05, 0) is 54.0 Å². The van der Waals surface area contributed by atoms with E-state index in [2.05, 4.69) is 10.6 Å². The first kappa shape index (κ1) is 19.8. The lowest BCUT2D eigenvalue weighted by molar-refractivity contribution is -0.116. The second-order valence-corrected chi connectivity index (χ2v) is 5.79. The zero-order valence-corrected chi connectivity index (χ0v) is 14.8. The standard InChI is InChI=1S/C21H22N2O4/c24-18-6-1-4-16(14-18)8-10-20(26)22-12-3-13-23-21(27)11-9-17-5-2-7-19(25)15-17/h1-2,4-11,14-15,24-25H,3,12-13H2,(H,22,26)(H,23,27)/b10-8+,11-9+. The van der Waals surface area contributed by atoms with Crippen LogP contribution in [-0.2, 0) is 9.59 Å². The number of benzene rings is 2. The summed E-state index contributed by atoms with van der Waals surface area (Å²) in [5.41, 5.74) is 1.46. The smallest absolute Gasteiger partial charge is 0.244 e. The van der Waals surface area contributed by atoms with Crippen molar-refractivity contribution in [2.24, 2.45) is 0 Å². The van der Waals surface area contributed by atoms with Crippen LogP contribution in [0.1, 0.15) is 17.5 Å². The molecule has 140 valence electrons. The molecule has 27 heavy (non-hydrogen) atoms. The van der Waals surface area contributed by atoms with Crippen molar-refractivity contribution in [2.75, 3.05) is 13.1 Å². The summed E-state index contributed by atoms with van der Waals surface area (Å²) >= 11 is 0. The lowest BCUT2D eigenvalue weighted by Crippen LogP contribution is -2.28. The molecule has 0 spiro atoms. The average Bonchev–Trinajstić information content (AvgIpc) is 2.64. The first-order valence-electron chi connectivity index (χ1n) is 8.53. The topological polar surface area (TPSA) is 98.7 Å². The van der Waals surface area contributed by atoms with Crippen LogP contribution >= 0.6 is 0 Å². The Balaban J connectivity index is 1.62. The zero-order valence-electron chi connectivity index (χ0n) is 14.8. The highest BCUT2D eigenvalue weighted by Crippen LogP contribution is 2.12. The number of carbonyl (C=O) groups is 2. The number of hydrogen-bond donors (Lipinski definition) is 4. The minimum Gasteiger partial charge on any atom is -0.508 e. The van der Waals surface area contributed by atoms with Gasteiger partial charge in [0.25, 0.3) is 0 Å². The Kier molecular flexibility index (Phi) is 7.66. The maximum absolute atomic E-state index is 11.7. The summed E-state index contributed by atoms with van der Waals surface area (Å²) in [7, 11) is 0. The number of carbonyl (C=O) groups excluding carboxylic acids is 2. The van der Waals surface area contributed by atoms with E-state index >= 15 is 0 Å². The van der Waals surface area contributed by atoms with E-state index in [1.807, 2.05) is 0 Å². The minimum atomic E-state index is -0.242. The lowest BCUT2D eigenvalue weighted by atomic mass is 10.2. The molecule has 0 radical (unpaired) electrons. The molecule has 0 aliphatic heterocycles. The van der Waals surface area contributed by atoms with Gasteiger partial charge >= 0.3 is 0 Å². The molecule has 2 aromatic rings. The number of rotatable bonds is 8. The Bertz CT molecular complexity index is 774. The zero-order chi connectivity index (χ0) is 19.5. The van der Waals surface area contributed by atoms with Crippen LogP contribution in [0.5, 0.6) is 11.5 Å². The molecule has 0 aliphatic carbocycles. The summed E-state index contributed by atoms with van der Waals surface area (Å²) < 4.78 is 0. The van der Waals surface area contributed by atoms with Crippen molar-refractivity contribution in [1.29, 1.82) is 0 Å². The first-order valence-corrected chi connectivity index (χ1v) is 8.53. The summed E-state index contributed by atoms with van der Waals surface area (Å²) in [5.74, 6) is -0.195. The Hall–Kier alpha value is -3.54. The van der Waals surface area contributed by atoms with E-state index in [4.69, 9.17) is 0 Å². The van der Waals surface area contributed by atoms with Crippen molar-refractivity contribution >= 4 is 24.0 Å². The van der Waals surface area contributed by atoms with Gasteiger partial charge in [-0.15, -0.1) is 0 Å². The van der Waals surface area contributed by atoms with Crippen LogP contribution in [0.2, 0.25) is 0 Å². The predicted molar refractivity (Wildman–Crippen MR) is 105 cm³/mol. The number of hydrogen-bond acceptors (Lipinski definition) is 4. The molecule has 0 saturated heterocycles. The normalized spacial score (nSPS) is 11.0. The first-order chi connectivity index (χ1) is 13.0. The van der Waals surface area contributed by atoms with Crippen LogP contribution in [0.4, 0.5) is 0 Å². The maximum atomic E-state index is 11.7. The summed E-state index contributed by atoms with van der Waals surface area (Å²) in [6.45, 7) is 0.861. The number of phenolic OH excluding ortho intramolecular Hbond substituents is 2. The minimum absolute atomic E-state index is 0.145. The monoisotopic (exact) mass is 366 g/mol. The molecule has 4 N–H and O–H groups in total. The molecule has 6 nitrogen and oxygen atoms in total. The predicted octanol–water partition coefficient (Wildman–Crippen LogP) is 2.45. The van der Waals surface area contributed by atoms with Gasteiger partial charge < -0.3 is 20.8 Å². The molecule has 0 saturated carbocycles. The third kappa shape index (κ3) is 7.92. The van der Waals surface area contributed by atoms with E-state index in [0.717, 1.165) is 11.1 Å². The van der Waals surface area contributed by atoms with Crippen molar-refractivity contribution in [3.63, 3.8) is 0 Å². The highest BCUT2D eigenvalue weighted by atomic mass is 16.3. The van der Waals surface area contributed by atoms with Crippen LogP contribution in [0.3, 0.4) is 0 Å². The Morgan fingerprint density at radius 2 is 1.22 bits per heavy atom. The lowest BCUT2D eigenvalue weighted by Gasteiger charge is -2.03. The number of nitrogens with one attached hydrogen (secondary N) is 2. The second-order valence-electron chi connectivity index (χ2n) is 5.79. The van der Waals surface area contributed by atoms with E-state index in [1.54, 1.807) is 60.7 Å². The van der Waals surface area contributed by atoms with E-state index in [9.17, 15) is 19.8 Å². The molecule has 2 amide bonds. The van der Waals surface area contributed by atoms with Crippen molar-refractivity contribution in [2.45, 2.75) is 6.42 Å². The largest absolute Gasteiger partial charge is 0.508 e. The van der Waals surface area contributed by atoms with Crippen molar-refractivity contribution in [3.05, 3.63) is 71.8 Å². The molecule has 0 unspecified atom stereocenters. The molecule has 6 heteroatoms. The van der Waals surface area contributed by atoms with Gasteiger partial charge in [0.15, 0.2) is 0 Å². The molecule has 0 aromatic heterocycles. The van der Waals surface area contributed by atoms with Crippen LogP contribution in [0.15, 0.2) is 60.7 Å². The van der Waals surface area contributed by atoms with Gasteiger partial charge in [-0.2, -0.15) is 0 Å². The average molecular weight is 366 g/mol. The van der Waals surface area contributed by atoms with Gasteiger partial charge in [0.2, 0.25) is 11.8 Å². The Morgan fingerprint density at radius 3 is 1.63 bits per heavy atom. The van der Waals surface area contributed by atoms with Gasteiger partial charge in [0, 0.05) is 25.2 Å². The molecule has 2 rings (SSSR count). The van der Waals surface area contributed by atoms with Gasteiger partial charge in [-0.1, -0.05) is 24.3 Å². The van der Waals surface area contributed by atoms with Crippen molar-refractivity contribution in [1.82, 2.24) is 10.6 Å². The Labute approximate surface area is 157 Å². The third-order valence-corrected chi connectivity index (χ3v) is 3.55. The summed E-state index contributed by atoms with van der Waals surface area (Å²) in [4.78, 5) is 23.4. The van der Waals surface area contributed by atoms with Gasteiger partial charge in [0.1, 0.15) is 11.5 Å². The SMILES string of the molecule is O=C(/C=C/c1cccc(O)c1)NCCCNC(=O)/C=C/c1cccc(O)c1. The third-order valence-electron chi connectivity index (χ3n) is 3.55. The molecule has 2 aromatic carbocycles. The molecular formula is C21H22N2O4. The van der Waals surface area contributed by atoms with Crippen molar-refractivity contribution in [3.8, 4) is 11.5 Å². The van der Waals surface area contributed by atoms with Crippen LogP contribution in [0.25, 0.3) is 12.2 Å². The fraction of sp³-hybridized carbons (Fsp3) is 0.143. The summed E-state index contributed by atoms with van der Waals surface area (Å²) in [6, 6.07) is 13.2. The van der Waals surface area contributed by atoms with Gasteiger partial charge in [-0.3, -0.25) is 9.59 Å². The van der Waals surface area contributed by atoms with E-state index < -0.39 is 0 Å². The van der Waals surface area contributed by atoms with Gasteiger partial charge in [-0.25, -0.2) is 0 Å². The highest BCUT2D eigenvalue weighted by Gasteiger charge is 1.98. The molecule has 0 atom stereocenters. The molecular weight excluding hydrogens is 344 g/mol. The fourth-order valence-corrected chi connectivity index (χ4v) is 2.23. The van der Waals surface area contributed by atoms with Crippen LogP contribution in [-0.4, -0.2) is 35.1 Å². The molecule has 0 heterocycles. The quantitative estimate of drug-likeness (QED) is 0.426. The summed E-state index contributed by atoms with van der Waals surface area (Å²) in [6.07, 6.45) is 6.61. The van der Waals surface area contributed by atoms with E-state index in [1.165, 1.54) is 12.2 Å². The highest BCUT2D eigenvalue weighted by molar-refractivity contribution is 5.92. The van der Waals surface area contributed by atoms with Crippen LogP contribution < -0.4 is 10.6 Å². The number of amides is 2. The fourth-order valence-electron chi connectivity index (χ4n) is 2.23. The molecule has 0 bridgehead atoms. The molecule has 0 aliphatic rings. The van der Waals surface area contributed by atoms with Gasteiger partial charge in [0.05, 0.1) is 0 Å². The number of phenols is 2. The maximum Gasteiger partial charge on any atom is 0.244 e. The van der Waals surface area contributed by atoms with Crippen molar-refractivity contribution < 1.29 is 19.8 Å². The summed E-state index contributed by atoms with van der Waals surface area (Å²) in [5, 5.41) is 24.1.